The molecule has 0 fully saturated rings. The Morgan fingerprint density at radius 2 is 1.95 bits per heavy atom. The minimum absolute atomic E-state index is 0.368. The van der Waals surface area contributed by atoms with Gasteiger partial charge in [-0.15, -0.1) is 10.2 Å². The highest BCUT2D eigenvalue weighted by atomic mass is 16.5. The third-order valence-electron chi connectivity index (χ3n) is 2.83. The van der Waals surface area contributed by atoms with Crippen LogP contribution in [-0.2, 0) is 19.9 Å². The van der Waals surface area contributed by atoms with Crippen molar-refractivity contribution in [3.8, 4) is 5.75 Å². The van der Waals surface area contributed by atoms with E-state index >= 15 is 0 Å². The lowest BCUT2D eigenvalue weighted by atomic mass is 9.93. The molecule has 6 nitrogen and oxygen atoms in total. The van der Waals surface area contributed by atoms with E-state index in [0.29, 0.717) is 18.7 Å². The second kappa shape index (κ2) is 5.36. The number of benzene rings is 1. The van der Waals surface area contributed by atoms with Crippen LogP contribution in [-0.4, -0.2) is 38.0 Å². The molecule has 1 atom stereocenters. The van der Waals surface area contributed by atoms with Crippen molar-refractivity contribution in [2.45, 2.75) is 25.4 Å². The van der Waals surface area contributed by atoms with Gasteiger partial charge in [-0.2, -0.15) is 4.80 Å². The van der Waals surface area contributed by atoms with Gasteiger partial charge in [0.25, 0.3) is 0 Å². The van der Waals surface area contributed by atoms with E-state index in [4.69, 9.17) is 4.74 Å². The van der Waals surface area contributed by atoms with Crippen LogP contribution in [0.4, 0.5) is 0 Å². The lowest BCUT2D eigenvalue weighted by molar-refractivity contribution is 0.0587. The highest BCUT2D eigenvalue weighted by Crippen LogP contribution is 2.19. The number of rotatable bonds is 5. The van der Waals surface area contributed by atoms with Crippen LogP contribution < -0.4 is 4.74 Å². The van der Waals surface area contributed by atoms with E-state index in [1.54, 1.807) is 21.1 Å². The second-order valence-corrected chi connectivity index (χ2v) is 4.89. The van der Waals surface area contributed by atoms with Gasteiger partial charge in [0.2, 0.25) is 0 Å². The van der Waals surface area contributed by atoms with Crippen molar-refractivity contribution in [3.63, 3.8) is 0 Å². The molecule has 1 unspecified atom stereocenters. The van der Waals surface area contributed by atoms with E-state index in [0.717, 1.165) is 11.3 Å². The summed E-state index contributed by atoms with van der Waals surface area (Å²) in [4.78, 5) is 1.39. The predicted octanol–water partition coefficient (Wildman–Crippen LogP) is 0.755. The topological polar surface area (TPSA) is 73.1 Å². The summed E-state index contributed by atoms with van der Waals surface area (Å²) in [5.74, 6) is 1.35. The molecule has 0 bridgehead atoms. The molecule has 0 radical (unpaired) electrons. The number of aliphatic hydroxyl groups is 1. The van der Waals surface area contributed by atoms with Gasteiger partial charge in [0, 0.05) is 12.8 Å². The lowest BCUT2D eigenvalue weighted by Gasteiger charge is -2.21. The summed E-state index contributed by atoms with van der Waals surface area (Å²) in [5.41, 5.74) is 0.132. The first-order valence-electron chi connectivity index (χ1n) is 6.07. The summed E-state index contributed by atoms with van der Waals surface area (Å²) in [6.45, 7) is 1.77. The Bertz CT molecular complexity index is 534. The molecule has 0 aliphatic heterocycles. The summed E-state index contributed by atoms with van der Waals surface area (Å²) < 4.78 is 5.10. The largest absolute Gasteiger partial charge is 0.497 e. The molecule has 0 saturated heterocycles. The van der Waals surface area contributed by atoms with Crippen LogP contribution >= 0.6 is 0 Å². The molecule has 102 valence electrons. The highest BCUT2D eigenvalue weighted by Gasteiger charge is 2.24. The third kappa shape index (κ3) is 3.75. The van der Waals surface area contributed by atoms with Crippen molar-refractivity contribution >= 4 is 0 Å². The Hall–Kier alpha value is -1.95. The lowest BCUT2D eigenvalue weighted by Crippen LogP contribution is -2.30. The van der Waals surface area contributed by atoms with Crippen molar-refractivity contribution in [2.24, 2.45) is 7.05 Å². The van der Waals surface area contributed by atoms with Crippen LogP contribution in [0.25, 0.3) is 0 Å². The van der Waals surface area contributed by atoms with Gasteiger partial charge in [0.05, 0.1) is 19.8 Å². The molecule has 1 heterocycles. The van der Waals surface area contributed by atoms with Crippen molar-refractivity contribution in [1.82, 2.24) is 20.2 Å². The van der Waals surface area contributed by atoms with Gasteiger partial charge in [-0.05, 0) is 29.8 Å². The number of nitrogens with zero attached hydrogens (tertiary/aromatic N) is 4. The number of aromatic nitrogens is 4. The van der Waals surface area contributed by atoms with Gasteiger partial charge < -0.3 is 9.84 Å². The van der Waals surface area contributed by atoms with Crippen molar-refractivity contribution in [1.29, 1.82) is 0 Å². The average Bonchev–Trinajstić information content (AvgIpc) is 2.74. The normalized spacial score (nSPS) is 14.1. The predicted molar refractivity (Wildman–Crippen MR) is 69.8 cm³/mol. The summed E-state index contributed by atoms with van der Waals surface area (Å²) >= 11 is 0. The second-order valence-electron chi connectivity index (χ2n) is 4.89. The van der Waals surface area contributed by atoms with Gasteiger partial charge in [0.15, 0.2) is 5.82 Å². The maximum absolute atomic E-state index is 10.4. The molecular formula is C13H18N4O2. The number of hydrogen-bond donors (Lipinski definition) is 1. The molecule has 0 spiro atoms. The highest BCUT2D eigenvalue weighted by molar-refractivity contribution is 5.28. The van der Waals surface area contributed by atoms with E-state index in [-0.39, 0.29) is 0 Å². The zero-order valence-electron chi connectivity index (χ0n) is 11.4. The van der Waals surface area contributed by atoms with E-state index in [1.165, 1.54) is 4.80 Å². The molecule has 2 rings (SSSR count). The summed E-state index contributed by atoms with van der Waals surface area (Å²) in [7, 11) is 3.33. The quantitative estimate of drug-likeness (QED) is 0.861. The molecule has 0 aliphatic carbocycles. The van der Waals surface area contributed by atoms with Gasteiger partial charge in [-0.25, -0.2) is 0 Å². The molecule has 0 aliphatic rings. The zero-order valence-corrected chi connectivity index (χ0v) is 11.4. The molecule has 1 aromatic heterocycles. The van der Waals surface area contributed by atoms with E-state index in [1.807, 2.05) is 24.3 Å². The van der Waals surface area contributed by atoms with E-state index in [2.05, 4.69) is 15.4 Å². The van der Waals surface area contributed by atoms with Crippen LogP contribution in [0.2, 0.25) is 0 Å². The molecular weight excluding hydrogens is 244 g/mol. The van der Waals surface area contributed by atoms with Crippen LogP contribution in [0.1, 0.15) is 18.3 Å². The monoisotopic (exact) mass is 262 g/mol. The first kappa shape index (κ1) is 13.5. The standard InChI is InChI=1S/C13H18N4O2/c1-13(18,9-12-14-16-17(2)15-12)8-10-4-6-11(19-3)7-5-10/h4-7,18H,8-9H2,1-3H3. The van der Waals surface area contributed by atoms with Crippen LogP contribution in [0, 0.1) is 0 Å². The van der Waals surface area contributed by atoms with Crippen LogP contribution in [0.5, 0.6) is 5.75 Å². The Kier molecular flexibility index (Phi) is 3.80. The first-order chi connectivity index (χ1) is 8.98. The Morgan fingerprint density at radius 1 is 1.26 bits per heavy atom. The molecule has 1 aromatic carbocycles. The summed E-state index contributed by atoms with van der Waals surface area (Å²) in [6, 6.07) is 7.65. The molecule has 2 aromatic rings. The van der Waals surface area contributed by atoms with Gasteiger partial charge in [-0.3, -0.25) is 0 Å². The fourth-order valence-electron chi connectivity index (χ4n) is 1.98. The third-order valence-corrected chi connectivity index (χ3v) is 2.83. The Morgan fingerprint density at radius 3 is 2.47 bits per heavy atom. The molecule has 0 saturated carbocycles. The molecule has 0 amide bonds. The average molecular weight is 262 g/mol. The van der Waals surface area contributed by atoms with E-state index in [9.17, 15) is 5.11 Å². The van der Waals surface area contributed by atoms with Crippen LogP contribution in [0.15, 0.2) is 24.3 Å². The van der Waals surface area contributed by atoms with Gasteiger partial charge >= 0.3 is 0 Å². The maximum atomic E-state index is 10.4. The fraction of sp³-hybridized carbons (Fsp3) is 0.462. The van der Waals surface area contributed by atoms with Gasteiger partial charge in [0.1, 0.15) is 5.75 Å². The smallest absolute Gasteiger partial charge is 0.177 e. The summed E-state index contributed by atoms with van der Waals surface area (Å²) in [6.07, 6.45) is 0.891. The number of hydrogen-bond acceptors (Lipinski definition) is 5. The number of methoxy groups -OCH3 is 1. The molecule has 1 N–H and O–H groups in total. The zero-order chi connectivity index (χ0) is 13.9. The Balaban J connectivity index is 2.03. The number of ether oxygens (including phenoxy) is 1. The SMILES string of the molecule is COc1ccc(CC(C)(O)Cc2nnn(C)n2)cc1. The molecule has 19 heavy (non-hydrogen) atoms. The minimum atomic E-state index is -0.905. The van der Waals surface area contributed by atoms with Gasteiger partial charge in [-0.1, -0.05) is 12.1 Å². The van der Waals surface area contributed by atoms with Crippen molar-refractivity contribution in [3.05, 3.63) is 35.7 Å². The van der Waals surface area contributed by atoms with Crippen LogP contribution in [0.3, 0.4) is 0 Å². The maximum Gasteiger partial charge on any atom is 0.177 e. The minimum Gasteiger partial charge on any atom is -0.497 e. The molecule has 6 heteroatoms. The fourth-order valence-corrected chi connectivity index (χ4v) is 1.98. The Labute approximate surface area is 112 Å². The van der Waals surface area contributed by atoms with Crippen molar-refractivity contribution < 1.29 is 9.84 Å². The van der Waals surface area contributed by atoms with E-state index < -0.39 is 5.60 Å². The number of aryl methyl sites for hydroxylation is 1. The summed E-state index contributed by atoms with van der Waals surface area (Å²) in [5, 5.41) is 22.1. The number of tetrazole rings is 1. The van der Waals surface area contributed by atoms with Crippen molar-refractivity contribution in [2.75, 3.05) is 7.11 Å². The first-order valence-corrected chi connectivity index (χ1v) is 6.07.